The average molecular weight is 995 g/mol. The van der Waals surface area contributed by atoms with Crippen molar-refractivity contribution in [1.82, 2.24) is 5.32 Å². The molecule has 0 saturated carbocycles. The van der Waals surface area contributed by atoms with Crippen molar-refractivity contribution in [3.05, 3.63) is 12.2 Å². The molecule has 7 atom stereocenters. The first kappa shape index (κ1) is 66.9. The van der Waals surface area contributed by atoms with Crippen LogP contribution in [0, 0.1) is 0 Å². The van der Waals surface area contributed by atoms with Crippen molar-refractivity contribution in [3.63, 3.8) is 0 Å². The predicted molar refractivity (Wildman–Crippen MR) is 295 cm³/mol. The second-order valence-electron chi connectivity index (χ2n) is 21.9. The van der Waals surface area contributed by atoms with Crippen molar-refractivity contribution in [2.24, 2.45) is 0 Å². The summed E-state index contributed by atoms with van der Waals surface area (Å²) in [5, 5.41) is 54.7. The lowest BCUT2D eigenvalue weighted by atomic mass is 9.99. The molecule has 70 heavy (non-hydrogen) atoms. The van der Waals surface area contributed by atoms with Gasteiger partial charge in [-0.3, -0.25) is 4.79 Å². The fraction of sp³-hybridized carbons (Fsp3) is 0.951. The fourth-order valence-corrected chi connectivity index (χ4v) is 10.2. The molecule has 1 rings (SSSR count). The molecule has 6 N–H and O–H groups in total. The lowest BCUT2D eigenvalue weighted by Gasteiger charge is -2.40. The molecule has 0 aromatic rings. The molecule has 7 unspecified atom stereocenters. The molecule has 1 aliphatic rings. The van der Waals surface area contributed by atoms with Crippen LogP contribution in [0.25, 0.3) is 0 Å². The van der Waals surface area contributed by atoms with E-state index in [9.17, 15) is 30.3 Å². The molecule has 0 bridgehead atoms. The van der Waals surface area contributed by atoms with Crippen LogP contribution < -0.4 is 5.32 Å². The summed E-state index contributed by atoms with van der Waals surface area (Å²) in [5.74, 6) is -0.149. The van der Waals surface area contributed by atoms with Crippen LogP contribution in [-0.4, -0.2) is 87.5 Å². The van der Waals surface area contributed by atoms with Crippen LogP contribution in [0.15, 0.2) is 12.2 Å². The van der Waals surface area contributed by atoms with Gasteiger partial charge in [0.25, 0.3) is 0 Å². The smallest absolute Gasteiger partial charge is 0.220 e. The zero-order chi connectivity index (χ0) is 50.8. The summed E-state index contributed by atoms with van der Waals surface area (Å²) >= 11 is 0. The van der Waals surface area contributed by atoms with Crippen molar-refractivity contribution in [3.8, 4) is 0 Å². The maximum absolute atomic E-state index is 13.0. The monoisotopic (exact) mass is 994 g/mol. The first-order valence-electron chi connectivity index (χ1n) is 30.9. The van der Waals surface area contributed by atoms with Gasteiger partial charge < -0.3 is 40.3 Å². The Balaban J connectivity index is 2.09. The summed E-state index contributed by atoms with van der Waals surface area (Å²) in [6.07, 6.45) is 57.0. The van der Waals surface area contributed by atoms with E-state index in [2.05, 4.69) is 31.3 Å². The van der Waals surface area contributed by atoms with Gasteiger partial charge in [-0.2, -0.15) is 0 Å². The zero-order valence-electron chi connectivity index (χ0n) is 46.3. The molecule has 1 heterocycles. The minimum Gasteiger partial charge on any atom is -0.394 e. The minimum atomic E-state index is -1.55. The maximum Gasteiger partial charge on any atom is 0.220 e. The Morgan fingerprint density at radius 1 is 0.471 bits per heavy atom. The molecule has 0 spiro atoms. The number of amides is 1. The molecule has 1 amide bonds. The van der Waals surface area contributed by atoms with Crippen molar-refractivity contribution in [1.29, 1.82) is 0 Å². The summed E-state index contributed by atoms with van der Waals surface area (Å²) in [5.41, 5.74) is 0. The molecule has 416 valence electrons. The highest BCUT2D eigenvalue weighted by Crippen LogP contribution is 2.23. The molecule has 1 saturated heterocycles. The minimum absolute atomic E-state index is 0.137. The van der Waals surface area contributed by atoms with Crippen LogP contribution in [0.3, 0.4) is 0 Å². The predicted octanol–water partition coefficient (Wildman–Crippen LogP) is 15.6. The highest BCUT2D eigenvalue weighted by Gasteiger charge is 2.44. The van der Waals surface area contributed by atoms with Gasteiger partial charge >= 0.3 is 0 Å². The van der Waals surface area contributed by atoms with Gasteiger partial charge in [0, 0.05) is 6.42 Å². The van der Waals surface area contributed by atoms with E-state index in [0.717, 1.165) is 51.4 Å². The lowest BCUT2D eigenvalue weighted by Crippen LogP contribution is -2.60. The number of carbonyl (C=O) groups is 1. The Kier molecular flexibility index (Phi) is 49.2. The second kappa shape index (κ2) is 51.4. The number of hydrogen-bond donors (Lipinski definition) is 6. The number of aliphatic hydroxyl groups is 5. The van der Waals surface area contributed by atoms with Crippen LogP contribution in [0.2, 0.25) is 0 Å². The van der Waals surface area contributed by atoms with E-state index in [1.165, 1.54) is 238 Å². The third-order valence-corrected chi connectivity index (χ3v) is 15.1. The van der Waals surface area contributed by atoms with Gasteiger partial charge in [-0.1, -0.05) is 283 Å². The fourth-order valence-electron chi connectivity index (χ4n) is 10.2. The van der Waals surface area contributed by atoms with Gasteiger partial charge in [0.1, 0.15) is 24.4 Å². The molecule has 1 aliphatic heterocycles. The normalized spacial score (nSPS) is 19.3. The first-order chi connectivity index (χ1) is 34.3. The average Bonchev–Trinajstić information content (AvgIpc) is 3.36. The summed E-state index contributed by atoms with van der Waals surface area (Å²) in [7, 11) is 0. The Bertz CT molecular complexity index is 1110. The number of carbonyl (C=O) groups excluding carboxylic acids is 1. The molecular weight excluding hydrogens is 875 g/mol. The summed E-state index contributed by atoms with van der Waals surface area (Å²) < 4.78 is 11.3. The van der Waals surface area contributed by atoms with Crippen LogP contribution in [-0.2, 0) is 14.3 Å². The third-order valence-electron chi connectivity index (χ3n) is 15.1. The molecule has 1 fully saturated rings. The van der Waals surface area contributed by atoms with E-state index >= 15 is 0 Å². The standard InChI is InChI=1S/C61H119NO8/c1-3-5-7-9-11-13-15-17-19-20-21-22-23-24-25-26-27-28-29-30-31-32-33-34-35-36-37-38-40-42-44-46-48-50-55(64)54(53-69-61-60(68)59(67)58(66)56(52-63)70-61)62-57(65)51-49-47-45-43-41-39-18-16-14-12-10-8-6-4-2/h16,18,54-56,58-61,63-64,66-68H,3-15,17,19-53H2,1-2H3,(H,62,65)/b18-16-. The summed E-state index contributed by atoms with van der Waals surface area (Å²) in [6.45, 7) is 3.86. The van der Waals surface area contributed by atoms with E-state index in [4.69, 9.17) is 9.47 Å². The molecule has 0 radical (unpaired) electrons. The SMILES string of the molecule is CCCCCCC/C=C\CCCCCCCC(=O)NC(COC1OC(CO)C(O)C(O)C1O)C(O)CCCCCCCCCCCCCCCCCCCCCCCCCCCCCCCCCCC. The Morgan fingerprint density at radius 2 is 0.800 bits per heavy atom. The third kappa shape index (κ3) is 40.3. The van der Waals surface area contributed by atoms with E-state index in [0.29, 0.717) is 12.8 Å². The Labute approximate surface area is 433 Å². The molecule has 9 heteroatoms. The number of unbranched alkanes of at least 4 members (excludes halogenated alkanes) is 42. The summed E-state index contributed by atoms with van der Waals surface area (Å²) in [6, 6.07) is -0.721. The first-order valence-corrected chi connectivity index (χ1v) is 30.9. The molecule has 0 aliphatic carbocycles. The maximum atomic E-state index is 13.0. The molecule has 0 aromatic heterocycles. The van der Waals surface area contributed by atoms with E-state index in [1.807, 2.05) is 0 Å². The van der Waals surface area contributed by atoms with Crippen molar-refractivity contribution < 1.29 is 39.8 Å². The quantitative estimate of drug-likeness (QED) is 0.0261. The number of nitrogens with one attached hydrogen (secondary N) is 1. The van der Waals surface area contributed by atoms with Gasteiger partial charge in [-0.15, -0.1) is 0 Å². The Morgan fingerprint density at radius 3 is 1.16 bits per heavy atom. The van der Waals surface area contributed by atoms with E-state index < -0.39 is 49.5 Å². The van der Waals surface area contributed by atoms with Crippen LogP contribution in [0.4, 0.5) is 0 Å². The van der Waals surface area contributed by atoms with Gasteiger partial charge in [0.2, 0.25) is 5.91 Å². The molecule has 0 aromatic carbocycles. The zero-order valence-corrected chi connectivity index (χ0v) is 46.3. The van der Waals surface area contributed by atoms with Gasteiger partial charge in [-0.05, 0) is 38.5 Å². The number of rotatable bonds is 54. The van der Waals surface area contributed by atoms with Gasteiger partial charge in [0.05, 0.1) is 25.4 Å². The van der Waals surface area contributed by atoms with Crippen LogP contribution in [0.5, 0.6) is 0 Å². The second-order valence-corrected chi connectivity index (χ2v) is 21.9. The number of aliphatic hydroxyl groups excluding tert-OH is 5. The van der Waals surface area contributed by atoms with Gasteiger partial charge in [-0.25, -0.2) is 0 Å². The van der Waals surface area contributed by atoms with Crippen molar-refractivity contribution in [2.45, 2.75) is 358 Å². The van der Waals surface area contributed by atoms with Gasteiger partial charge in [0.15, 0.2) is 6.29 Å². The highest BCUT2D eigenvalue weighted by atomic mass is 16.7. The highest BCUT2D eigenvalue weighted by molar-refractivity contribution is 5.76. The summed E-state index contributed by atoms with van der Waals surface area (Å²) in [4.78, 5) is 13.0. The molecular formula is C61H119NO8. The lowest BCUT2D eigenvalue weighted by molar-refractivity contribution is -0.302. The van der Waals surface area contributed by atoms with E-state index in [1.54, 1.807) is 0 Å². The number of allylic oxidation sites excluding steroid dienone is 2. The largest absolute Gasteiger partial charge is 0.394 e. The number of ether oxygens (including phenoxy) is 2. The van der Waals surface area contributed by atoms with Crippen LogP contribution in [0.1, 0.15) is 316 Å². The van der Waals surface area contributed by atoms with Crippen LogP contribution >= 0.6 is 0 Å². The van der Waals surface area contributed by atoms with E-state index in [-0.39, 0.29) is 12.5 Å². The van der Waals surface area contributed by atoms with Crippen molar-refractivity contribution in [2.75, 3.05) is 13.2 Å². The molecule has 9 nitrogen and oxygen atoms in total. The topological polar surface area (TPSA) is 149 Å². The van der Waals surface area contributed by atoms with Crippen molar-refractivity contribution >= 4 is 5.91 Å². The number of hydrogen-bond acceptors (Lipinski definition) is 8. The Hall–Kier alpha value is -1.07.